The predicted octanol–water partition coefficient (Wildman–Crippen LogP) is 1.55. The first-order chi connectivity index (χ1) is 15.5. The fourth-order valence-corrected chi connectivity index (χ4v) is 4.56. The number of halogens is 1. The molecule has 0 aliphatic carbocycles. The molecule has 2 aliphatic heterocycles. The highest BCUT2D eigenvalue weighted by molar-refractivity contribution is 14.0. The van der Waals surface area contributed by atoms with Crippen LogP contribution in [0.5, 0.6) is 0 Å². The Hall–Kier alpha value is -1.59. The monoisotopic (exact) mass is 571 g/mol. The van der Waals surface area contributed by atoms with Crippen molar-refractivity contribution in [3.8, 4) is 0 Å². The van der Waals surface area contributed by atoms with E-state index in [1.807, 2.05) is 0 Å². The smallest absolute Gasteiger partial charge is 0.231 e. The number of guanidine groups is 1. The maximum absolute atomic E-state index is 11.1. The number of nitrogens with one attached hydrogen (secondary N) is 2. The Morgan fingerprint density at radius 3 is 2.42 bits per heavy atom. The zero-order chi connectivity index (χ0) is 22.9. The Labute approximate surface area is 216 Å². The molecule has 186 valence electrons. The van der Waals surface area contributed by atoms with Crippen LogP contribution in [0.4, 0.5) is 5.69 Å². The summed E-state index contributed by atoms with van der Waals surface area (Å²) in [5.41, 5.74) is 9.45. The lowest BCUT2D eigenvalue weighted by atomic mass is 10.1. The van der Waals surface area contributed by atoms with Gasteiger partial charge in [0, 0.05) is 64.1 Å². The molecule has 1 amide bonds. The molecule has 2 aliphatic rings. The van der Waals surface area contributed by atoms with Crippen molar-refractivity contribution in [1.82, 2.24) is 20.4 Å². The molecule has 9 heteroatoms. The number of rotatable bonds is 8. The van der Waals surface area contributed by atoms with Gasteiger partial charge in [-0.2, -0.15) is 0 Å². The molecule has 4 N–H and O–H groups in total. The molecule has 0 saturated carbocycles. The number of piperazine rings is 1. The average Bonchev–Trinajstić information content (AvgIpc) is 2.77. The van der Waals surface area contributed by atoms with Crippen LogP contribution < -0.4 is 21.3 Å². The summed E-state index contributed by atoms with van der Waals surface area (Å²) in [7, 11) is 0. The molecule has 2 heterocycles. The van der Waals surface area contributed by atoms with Gasteiger partial charge in [0.2, 0.25) is 5.91 Å². The Morgan fingerprint density at radius 1 is 1.09 bits per heavy atom. The third kappa shape index (κ3) is 8.60. The second-order valence-corrected chi connectivity index (χ2v) is 8.97. The lowest BCUT2D eigenvalue weighted by Gasteiger charge is -2.37. The van der Waals surface area contributed by atoms with Crippen molar-refractivity contribution in [3.05, 3.63) is 29.3 Å². The molecule has 33 heavy (non-hydrogen) atoms. The number of hydrogen-bond donors (Lipinski definition) is 3. The van der Waals surface area contributed by atoms with Gasteiger partial charge in [0.05, 0.1) is 13.1 Å². The molecule has 3 rings (SSSR count). The number of amides is 1. The van der Waals surface area contributed by atoms with Crippen molar-refractivity contribution in [2.45, 2.75) is 39.7 Å². The van der Waals surface area contributed by atoms with E-state index in [0.29, 0.717) is 12.6 Å². The van der Waals surface area contributed by atoms with Crippen LogP contribution in [0.3, 0.4) is 0 Å². The minimum absolute atomic E-state index is 0. The van der Waals surface area contributed by atoms with Gasteiger partial charge in [-0.15, -0.1) is 24.0 Å². The van der Waals surface area contributed by atoms with Crippen molar-refractivity contribution >= 4 is 41.5 Å². The molecule has 0 bridgehead atoms. The lowest BCUT2D eigenvalue weighted by molar-refractivity contribution is -0.119. The molecule has 0 unspecified atom stereocenters. The van der Waals surface area contributed by atoms with E-state index in [1.54, 1.807) is 0 Å². The van der Waals surface area contributed by atoms with Gasteiger partial charge in [-0.25, -0.2) is 0 Å². The molecule has 2 fully saturated rings. The van der Waals surface area contributed by atoms with E-state index in [1.165, 1.54) is 16.8 Å². The first-order valence-corrected chi connectivity index (χ1v) is 12.0. The number of anilines is 1. The SMILES string of the molecule is CCNC(=NCCN1CCN(c2cccc(C)c2C)CC1)NC1CCN(CC(N)=O)CC1.I. The average molecular weight is 572 g/mol. The summed E-state index contributed by atoms with van der Waals surface area (Å²) in [6.07, 6.45) is 2.00. The first kappa shape index (κ1) is 27.7. The number of nitrogens with two attached hydrogens (primary N) is 1. The van der Waals surface area contributed by atoms with E-state index in [4.69, 9.17) is 10.7 Å². The maximum atomic E-state index is 11.1. The number of piperidine rings is 1. The normalized spacial score (nSPS) is 18.6. The van der Waals surface area contributed by atoms with Crippen molar-refractivity contribution in [1.29, 1.82) is 0 Å². The highest BCUT2D eigenvalue weighted by Crippen LogP contribution is 2.23. The number of hydrogen-bond acceptors (Lipinski definition) is 5. The van der Waals surface area contributed by atoms with Gasteiger partial charge in [-0.05, 0) is 50.8 Å². The van der Waals surface area contributed by atoms with E-state index in [0.717, 1.165) is 77.7 Å². The van der Waals surface area contributed by atoms with Gasteiger partial charge in [0.1, 0.15) is 0 Å². The Kier molecular flexibility index (Phi) is 11.7. The Morgan fingerprint density at radius 2 is 1.79 bits per heavy atom. The van der Waals surface area contributed by atoms with Crippen molar-refractivity contribution in [3.63, 3.8) is 0 Å². The second kappa shape index (κ2) is 14.0. The molecule has 1 aromatic rings. The van der Waals surface area contributed by atoms with E-state index in [2.05, 4.69) is 64.3 Å². The minimum Gasteiger partial charge on any atom is -0.369 e. The van der Waals surface area contributed by atoms with E-state index < -0.39 is 0 Å². The summed E-state index contributed by atoms with van der Waals surface area (Å²) >= 11 is 0. The number of carbonyl (C=O) groups is 1. The standard InChI is InChI=1S/C24H41N7O.HI/c1-4-26-24(28-21-8-11-30(12-9-21)18-23(25)32)27-10-13-29-14-16-31(17-15-29)22-7-5-6-19(2)20(22)3;/h5-7,21H,4,8-18H2,1-3H3,(H2,25,32)(H2,26,27,28);1H. The Balaban J connectivity index is 0.00000385. The van der Waals surface area contributed by atoms with E-state index in [-0.39, 0.29) is 29.9 Å². The molecule has 2 saturated heterocycles. The van der Waals surface area contributed by atoms with Gasteiger partial charge in [0.15, 0.2) is 5.96 Å². The minimum atomic E-state index is -0.249. The van der Waals surface area contributed by atoms with Gasteiger partial charge in [-0.1, -0.05) is 12.1 Å². The van der Waals surface area contributed by atoms with Gasteiger partial charge < -0.3 is 21.3 Å². The fraction of sp³-hybridized carbons (Fsp3) is 0.667. The summed E-state index contributed by atoms with van der Waals surface area (Å²) < 4.78 is 0. The first-order valence-electron chi connectivity index (χ1n) is 12.0. The summed E-state index contributed by atoms with van der Waals surface area (Å²) in [5, 5.41) is 6.95. The molecule has 0 spiro atoms. The predicted molar refractivity (Wildman–Crippen MR) is 148 cm³/mol. The molecule has 8 nitrogen and oxygen atoms in total. The molecule has 0 aromatic heterocycles. The number of aryl methyl sites for hydroxylation is 1. The largest absolute Gasteiger partial charge is 0.369 e. The van der Waals surface area contributed by atoms with Crippen LogP contribution >= 0.6 is 24.0 Å². The van der Waals surface area contributed by atoms with Gasteiger partial charge in [-0.3, -0.25) is 19.6 Å². The molecular formula is C24H42IN7O. The van der Waals surface area contributed by atoms with Gasteiger partial charge in [0.25, 0.3) is 0 Å². The molecule has 0 atom stereocenters. The van der Waals surface area contributed by atoms with Gasteiger partial charge >= 0.3 is 0 Å². The highest BCUT2D eigenvalue weighted by Gasteiger charge is 2.21. The van der Waals surface area contributed by atoms with E-state index in [9.17, 15) is 4.79 Å². The Bertz CT molecular complexity index is 772. The van der Waals surface area contributed by atoms with Crippen LogP contribution in [0.15, 0.2) is 23.2 Å². The van der Waals surface area contributed by atoms with Crippen LogP contribution in [-0.4, -0.2) is 93.2 Å². The summed E-state index contributed by atoms with van der Waals surface area (Å²) in [6, 6.07) is 6.98. The zero-order valence-corrected chi connectivity index (χ0v) is 22.8. The summed E-state index contributed by atoms with van der Waals surface area (Å²) in [4.78, 5) is 23.1. The third-order valence-electron chi connectivity index (χ3n) is 6.63. The van der Waals surface area contributed by atoms with Crippen LogP contribution in [0.25, 0.3) is 0 Å². The number of aliphatic imine (C=N–C) groups is 1. The number of carbonyl (C=O) groups excluding carboxylic acids is 1. The van der Waals surface area contributed by atoms with Crippen molar-refractivity contribution < 1.29 is 4.79 Å². The number of nitrogens with zero attached hydrogens (tertiary/aromatic N) is 4. The number of primary amides is 1. The third-order valence-corrected chi connectivity index (χ3v) is 6.63. The maximum Gasteiger partial charge on any atom is 0.231 e. The summed E-state index contributed by atoms with van der Waals surface area (Å²) in [6.45, 7) is 15.6. The lowest BCUT2D eigenvalue weighted by Crippen LogP contribution is -2.50. The fourth-order valence-electron chi connectivity index (χ4n) is 4.56. The number of benzene rings is 1. The highest BCUT2D eigenvalue weighted by atomic mass is 127. The van der Waals surface area contributed by atoms with Crippen molar-refractivity contribution in [2.24, 2.45) is 10.7 Å². The summed E-state index contributed by atoms with van der Waals surface area (Å²) in [5.74, 6) is 0.649. The second-order valence-electron chi connectivity index (χ2n) is 8.97. The molecule has 0 radical (unpaired) electrons. The topological polar surface area (TPSA) is 89.2 Å². The van der Waals surface area contributed by atoms with Crippen LogP contribution in [0.2, 0.25) is 0 Å². The molecular weight excluding hydrogens is 529 g/mol. The van der Waals surface area contributed by atoms with Crippen LogP contribution in [-0.2, 0) is 4.79 Å². The van der Waals surface area contributed by atoms with Crippen LogP contribution in [0, 0.1) is 13.8 Å². The quantitative estimate of drug-likeness (QED) is 0.250. The molecule has 1 aromatic carbocycles. The van der Waals surface area contributed by atoms with Crippen molar-refractivity contribution in [2.75, 3.05) is 70.3 Å². The van der Waals surface area contributed by atoms with Crippen LogP contribution in [0.1, 0.15) is 30.9 Å². The zero-order valence-electron chi connectivity index (χ0n) is 20.5. The number of likely N-dealkylation sites (tertiary alicyclic amines) is 1. The van der Waals surface area contributed by atoms with E-state index >= 15 is 0 Å².